The summed E-state index contributed by atoms with van der Waals surface area (Å²) in [6, 6.07) is 1.64. The number of aryl methyl sites for hydroxylation is 2. The van der Waals surface area contributed by atoms with Crippen LogP contribution in [0.3, 0.4) is 0 Å². The van der Waals surface area contributed by atoms with Gasteiger partial charge in [-0.2, -0.15) is 14.6 Å². The number of amides is 1. The summed E-state index contributed by atoms with van der Waals surface area (Å²) in [6.07, 6.45) is 5.21. The zero-order valence-electron chi connectivity index (χ0n) is 14.4. The average Bonchev–Trinajstić information content (AvgIpc) is 3.24. The van der Waals surface area contributed by atoms with E-state index in [4.69, 9.17) is 4.74 Å². The van der Waals surface area contributed by atoms with Crippen molar-refractivity contribution in [2.75, 3.05) is 12.4 Å². The van der Waals surface area contributed by atoms with Crippen molar-refractivity contribution < 1.29 is 14.3 Å². The molecule has 3 heterocycles. The molecule has 0 aromatic carbocycles. The minimum Gasteiger partial charge on any atom is -0.465 e. The molecule has 8 nitrogen and oxygen atoms in total. The molecule has 1 aliphatic rings. The van der Waals surface area contributed by atoms with E-state index >= 15 is 0 Å². The largest absolute Gasteiger partial charge is 0.465 e. The van der Waals surface area contributed by atoms with Gasteiger partial charge < -0.3 is 10.1 Å². The first kappa shape index (κ1) is 16.6. The lowest BCUT2D eigenvalue weighted by Gasteiger charge is -2.12. The minimum absolute atomic E-state index is 0.312. The predicted molar refractivity (Wildman–Crippen MR) is 95.8 cm³/mol. The third-order valence-electron chi connectivity index (χ3n) is 4.40. The van der Waals surface area contributed by atoms with Crippen LogP contribution in [0.15, 0.2) is 12.4 Å². The Kier molecular flexibility index (Phi) is 4.15. The molecule has 0 aliphatic heterocycles. The molecule has 134 valence electrons. The number of hydrogen-bond acceptors (Lipinski definition) is 7. The quantitative estimate of drug-likeness (QED) is 0.710. The van der Waals surface area contributed by atoms with Crippen LogP contribution in [0.25, 0.3) is 5.78 Å². The molecule has 1 amide bonds. The number of hydrogen-bond donors (Lipinski definition) is 1. The van der Waals surface area contributed by atoms with E-state index in [9.17, 15) is 9.59 Å². The van der Waals surface area contributed by atoms with Crippen LogP contribution in [0.4, 0.5) is 5.00 Å². The maximum absolute atomic E-state index is 12.9. The fourth-order valence-corrected chi connectivity index (χ4v) is 4.50. The fourth-order valence-electron chi connectivity index (χ4n) is 3.23. The maximum atomic E-state index is 12.9. The minimum atomic E-state index is -0.420. The molecule has 0 fully saturated rings. The second kappa shape index (κ2) is 6.49. The van der Waals surface area contributed by atoms with Gasteiger partial charge in [0.05, 0.1) is 12.7 Å². The SMILES string of the molecule is COC(=O)c1c(NC(=O)c2cc(C)nc3ncnn23)sc2c1CCCC2. The first-order valence-electron chi connectivity index (χ1n) is 8.30. The number of thiophene rings is 1. The number of anilines is 1. The van der Waals surface area contributed by atoms with Crippen LogP contribution in [0, 0.1) is 6.92 Å². The van der Waals surface area contributed by atoms with Gasteiger partial charge in [-0.05, 0) is 44.2 Å². The average molecular weight is 371 g/mol. The van der Waals surface area contributed by atoms with Crippen molar-refractivity contribution in [1.82, 2.24) is 19.6 Å². The topological polar surface area (TPSA) is 98.5 Å². The van der Waals surface area contributed by atoms with Gasteiger partial charge >= 0.3 is 5.97 Å². The summed E-state index contributed by atoms with van der Waals surface area (Å²) in [4.78, 5) is 34.6. The molecule has 0 atom stereocenters. The summed E-state index contributed by atoms with van der Waals surface area (Å²) in [5.41, 5.74) is 2.45. The van der Waals surface area contributed by atoms with Crippen molar-refractivity contribution in [3.63, 3.8) is 0 Å². The molecule has 0 radical (unpaired) electrons. The molecular formula is C17H17N5O3S. The van der Waals surface area contributed by atoms with Crippen molar-refractivity contribution in [3.05, 3.63) is 39.8 Å². The van der Waals surface area contributed by atoms with E-state index in [1.165, 1.54) is 29.3 Å². The van der Waals surface area contributed by atoms with E-state index in [1.54, 1.807) is 13.0 Å². The predicted octanol–water partition coefficient (Wildman–Crippen LogP) is 2.41. The van der Waals surface area contributed by atoms with E-state index < -0.39 is 5.97 Å². The van der Waals surface area contributed by atoms with Crippen LogP contribution >= 0.6 is 11.3 Å². The first-order chi connectivity index (χ1) is 12.6. The molecule has 1 aliphatic carbocycles. The molecule has 0 spiro atoms. The number of carbonyl (C=O) groups excluding carboxylic acids is 2. The Bertz CT molecular complexity index is 1020. The third-order valence-corrected chi connectivity index (χ3v) is 5.61. The van der Waals surface area contributed by atoms with E-state index in [0.717, 1.165) is 36.1 Å². The van der Waals surface area contributed by atoms with Gasteiger partial charge in [0.25, 0.3) is 11.7 Å². The molecular weight excluding hydrogens is 354 g/mol. The highest BCUT2D eigenvalue weighted by Gasteiger charge is 2.27. The van der Waals surface area contributed by atoms with E-state index in [0.29, 0.717) is 27.7 Å². The highest BCUT2D eigenvalue weighted by atomic mass is 32.1. The van der Waals surface area contributed by atoms with Crippen LogP contribution in [0.5, 0.6) is 0 Å². The monoisotopic (exact) mass is 371 g/mol. The number of nitrogens with zero attached hydrogens (tertiary/aromatic N) is 4. The standard InChI is InChI=1S/C17H17N5O3S/c1-9-7-11(22-17(20-9)18-8-19-22)14(23)21-15-13(16(24)25-2)10-5-3-4-6-12(10)26-15/h7-8H,3-6H2,1-2H3,(H,21,23). The van der Waals surface area contributed by atoms with Gasteiger partial charge in [-0.1, -0.05) is 0 Å². The van der Waals surface area contributed by atoms with Crippen LogP contribution in [-0.4, -0.2) is 38.6 Å². The lowest BCUT2D eigenvalue weighted by atomic mass is 9.95. The lowest BCUT2D eigenvalue weighted by molar-refractivity contribution is 0.0601. The summed E-state index contributed by atoms with van der Waals surface area (Å²) in [5, 5.41) is 7.45. The summed E-state index contributed by atoms with van der Waals surface area (Å²) in [6.45, 7) is 1.79. The third kappa shape index (κ3) is 2.74. The summed E-state index contributed by atoms with van der Waals surface area (Å²) >= 11 is 1.45. The van der Waals surface area contributed by atoms with Crippen LogP contribution in [-0.2, 0) is 17.6 Å². The van der Waals surface area contributed by atoms with Crippen molar-refractivity contribution in [1.29, 1.82) is 0 Å². The van der Waals surface area contributed by atoms with Gasteiger partial charge in [-0.3, -0.25) is 4.79 Å². The summed E-state index contributed by atoms with van der Waals surface area (Å²) < 4.78 is 6.33. The van der Waals surface area contributed by atoms with Crippen LogP contribution in [0.1, 0.15) is 49.8 Å². The Morgan fingerprint density at radius 2 is 2.12 bits per heavy atom. The molecule has 3 aromatic rings. The van der Waals surface area contributed by atoms with Gasteiger partial charge in [-0.25, -0.2) is 9.78 Å². The number of aromatic nitrogens is 4. The van der Waals surface area contributed by atoms with Crippen molar-refractivity contribution in [2.24, 2.45) is 0 Å². The number of rotatable bonds is 3. The van der Waals surface area contributed by atoms with Crippen molar-refractivity contribution >= 4 is 34.0 Å². The van der Waals surface area contributed by atoms with Gasteiger partial charge in [-0.15, -0.1) is 11.3 Å². The Morgan fingerprint density at radius 1 is 1.31 bits per heavy atom. The van der Waals surface area contributed by atoms with E-state index in [2.05, 4.69) is 20.4 Å². The number of methoxy groups -OCH3 is 1. The second-order valence-corrected chi connectivity index (χ2v) is 7.22. The highest BCUT2D eigenvalue weighted by molar-refractivity contribution is 7.17. The normalized spacial score (nSPS) is 13.5. The smallest absolute Gasteiger partial charge is 0.341 e. The first-order valence-corrected chi connectivity index (χ1v) is 9.11. The van der Waals surface area contributed by atoms with Crippen LogP contribution < -0.4 is 5.32 Å². The van der Waals surface area contributed by atoms with Gasteiger partial charge in [0.1, 0.15) is 17.0 Å². The zero-order chi connectivity index (χ0) is 18.3. The Morgan fingerprint density at radius 3 is 2.92 bits per heavy atom. The molecule has 0 saturated carbocycles. The second-order valence-electron chi connectivity index (χ2n) is 6.12. The Labute approximate surface area is 153 Å². The number of fused-ring (bicyclic) bond motifs is 2. The van der Waals surface area contributed by atoms with Gasteiger partial charge in [0.2, 0.25) is 0 Å². The number of carbonyl (C=O) groups is 2. The number of ether oxygens (including phenoxy) is 1. The number of esters is 1. The molecule has 1 N–H and O–H groups in total. The van der Waals surface area contributed by atoms with Crippen molar-refractivity contribution in [2.45, 2.75) is 32.6 Å². The molecule has 4 rings (SSSR count). The van der Waals surface area contributed by atoms with Crippen LogP contribution in [0.2, 0.25) is 0 Å². The Balaban J connectivity index is 1.75. The summed E-state index contributed by atoms with van der Waals surface area (Å²) in [5.74, 6) is -0.430. The van der Waals surface area contributed by atoms with Gasteiger partial charge in [0, 0.05) is 10.6 Å². The van der Waals surface area contributed by atoms with E-state index in [1.807, 2.05) is 0 Å². The molecule has 0 saturated heterocycles. The molecule has 0 bridgehead atoms. The maximum Gasteiger partial charge on any atom is 0.341 e. The van der Waals surface area contributed by atoms with E-state index in [-0.39, 0.29) is 5.91 Å². The Hall–Kier alpha value is -2.81. The molecule has 0 unspecified atom stereocenters. The summed E-state index contributed by atoms with van der Waals surface area (Å²) in [7, 11) is 1.35. The lowest BCUT2D eigenvalue weighted by Crippen LogP contribution is -2.19. The fraction of sp³-hybridized carbons (Fsp3) is 0.353. The molecule has 9 heteroatoms. The zero-order valence-corrected chi connectivity index (χ0v) is 15.2. The molecule has 26 heavy (non-hydrogen) atoms. The highest BCUT2D eigenvalue weighted by Crippen LogP contribution is 2.38. The van der Waals surface area contributed by atoms with Gasteiger partial charge in [0.15, 0.2) is 0 Å². The molecule has 3 aromatic heterocycles. The number of nitrogens with one attached hydrogen (secondary N) is 1. The van der Waals surface area contributed by atoms with Crippen molar-refractivity contribution in [3.8, 4) is 0 Å².